The SMILES string of the molecule is O=[N+]([O-])c1ccccc1SC1CC2C(c3ccccc3)Nc3ccc(Cl)cc3C2C1Cl. The Morgan fingerprint density at radius 3 is 2.55 bits per heavy atom. The van der Waals surface area contributed by atoms with Crippen LogP contribution in [0.1, 0.15) is 29.5 Å². The number of para-hydroxylation sites is 1. The van der Waals surface area contributed by atoms with Gasteiger partial charge in [0.1, 0.15) is 0 Å². The zero-order valence-corrected chi connectivity index (χ0v) is 18.8. The maximum absolute atomic E-state index is 11.5. The third kappa shape index (κ3) is 3.79. The highest BCUT2D eigenvalue weighted by atomic mass is 35.5. The molecule has 1 saturated carbocycles. The largest absolute Gasteiger partial charge is 0.378 e. The third-order valence-electron chi connectivity index (χ3n) is 6.27. The molecule has 1 N–H and O–H groups in total. The number of rotatable bonds is 4. The molecule has 5 unspecified atom stereocenters. The minimum Gasteiger partial charge on any atom is -0.378 e. The van der Waals surface area contributed by atoms with E-state index in [2.05, 4.69) is 29.6 Å². The van der Waals surface area contributed by atoms with E-state index in [-0.39, 0.29) is 39.1 Å². The predicted molar refractivity (Wildman–Crippen MR) is 127 cm³/mol. The summed E-state index contributed by atoms with van der Waals surface area (Å²) in [5.41, 5.74) is 3.54. The number of fused-ring (bicyclic) bond motifs is 3. The van der Waals surface area contributed by atoms with E-state index in [0.29, 0.717) is 9.92 Å². The maximum Gasteiger partial charge on any atom is 0.282 e. The van der Waals surface area contributed by atoms with E-state index in [0.717, 1.165) is 17.7 Å². The van der Waals surface area contributed by atoms with Gasteiger partial charge in [0.25, 0.3) is 5.69 Å². The van der Waals surface area contributed by atoms with Crippen molar-refractivity contribution in [1.82, 2.24) is 0 Å². The summed E-state index contributed by atoms with van der Waals surface area (Å²) < 4.78 is 0. The van der Waals surface area contributed by atoms with Crippen molar-refractivity contribution < 1.29 is 4.92 Å². The predicted octanol–water partition coefficient (Wildman–Crippen LogP) is 7.29. The number of nitro benzene ring substituents is 1. The lowest BCUT2D eigenvalue weighted by Crippen LogP contribution is -2.31. The number of anilines is 1. The number of nitro groups is 1. The second kappa shape index (κ2) is 8.38. The van der Waals surface area contributed by atoms with Crippen molar-refractivity contribution in [3.8, 4) is 0 Å². The molecule has 0 saturated heterocycles. The summed E-state index contributed by atoms with van der Waals surface area (Å²) in [5, 5.41) is 15.8. The molecule has 0 spiro atoms. The van der Waals surface area contributed by atoms with E-state index >= 15 is 0 Å². The highest BCUT2D eigenvalue weighted by molar-refractivity contribution is 8.00. The number of nitrogens with zero attached hydrogens (tertiary/aromatic N) is 1. The summed E-state index contributed by atoms with van der Waals surface area (Å²) in [6, 6.07) is 23.4. The van der Waals surface area contributed by atoms with E-state index in [9.17, 15) is 10.1 Å². The molecule has 2 aliphatic rings. The zero-order valence-electron chi connectivity index (χ0n) is 16.4. The minimum absolute atomic E-state index is 0.0516. The molecule has 7 heteroatoms. The lowest BCUT2D eigenvalue weighted by molar-refractivity contribution is -0.387. The fraction of sp³-hybridized carbons (Fsp3) is 0.250. The molecular weight excluding hydrogens is 451 g/mol. The Bertz CT molecular complexity index is 1130. The number of alkyl halides is 1. The second-order valence-corrected chi connectivity index (χ2v) is 10.2. The van der Waals surface area contributed by atoms with Crippen molar-refractivity contribution in [3.63, 3.8) is 0 Å². The Balaban J connectivity index is 1.53. The number of thioether (sulfide) groups is 1. The molecule has 1 aliphatic heterocycles. The molecule has 1 fully saturated rings. The van der Waals surface area contributed by atoms with Gasteiger partial charge >= 0.3 is 0 Å². The van der Waals surface area contributed by atoms with Gasteiger partial charge in [-0.1, -0.05) is 54.1 Å². The van der Waals surface area contributed by atoms with E-state index in [1.54, 1.807) is 12.1 Å². The highest BCUT2D eigenvalue weighted by Crippen LogP contribution is 2.58. The summed E-state index contributed by atoms with van der Waals surface area (Å²) in [4.78, 5) is 11.8. The molecule has 3 aromatic carbocycles. The Kier molecular flexibility index (Phi) is 5.59. The Hall–Kier alpha value is -2.21. The van der Waals surface area contributed by atoms with Crippen molar-refractivity contribution in [1.29, 1.82) is 0 Å². The third-order valence-corrected chi connectivity index (χ3v) is 8.62. The fourth-order valence-electron chi connectivity index (χ4n) is 4.95. The smallest absolute Gasteiger partial charge is 0.282 e. The quantitative estimate of drug-likeness (QED) is 0.247. The maximum atomic E-state index is 11.5. The van der Waals surface area contributed by atoms with Gasteiger partial charge in [-0.15, -0.1) is 23.4 Å². The molecule has 3 aromatic rings. The topological polar surface area (TPSA) is 55.2 Å². The van der Waals surface area contributed by atoms with Gasteiger partial charge in [-0.05, 0) is 47.7 Å². The summed E-state index contributed by atoms with van der Waals surface area (Å²) >= 11 is 15.0. The van der Waals surface area contributed by atoms with Crippen molar-refractivity contribution in [2.24, 2.45) is 5.92 Å². The van der Waals surface area contributed by atoms with Crippen LogP contribution in [0.4, 0.5) is 11.4 Å². The van der Waals surface area contributed by atoms with Gasteiger partial charge in [0.05, 0.1) is 21.2 Å². The number of hydrogen-bond donors (Lipinski definition) is 1. The van der Waals surface area contributed by atoms with E-state index in [1.807, 2.05) is 36.4 Å². The Morgan fingerprint density at radius 1 is 1.03 bits per heavy atom. The summed E-state index contributed by atoms with van der Waals surface area (Å²) in [6.07, 6.45) is 0.855. The summed E-state index contributed by atoms with van der Waals surface area (Å²) in [7, 11) is 0. The van der Waals surface area contributed by atoms with Crippen molar-refractivity contribution in [2.75, 3.05) is 5.32 Å². The van der Waals surface area contributed by atoms with Crippen molar-refractivity contribution >= 4 is 46.3 Å². The van der Waals surface area contributed by atoms with Crippen LogP contribution in [0.2, 0.25) is 5.02 Å². The second-order valence-electron chi connectivity index (χ2n) is 8.02. The normalized spacial score (nSPS) is 26.6. The first kappa shape index (κ1) is 20.7. The molecule has 4 nitrogen and oxygen atoms in total. The fourth-order valence-corrected chi connectivity index (χ4v) is 7.07. The average Bonchev–Trinajstić information content (AvgIpc) is 3.10. The zero-order chi connectivity index (χ0) is 21.5. The molecule has 0 bridgehead atoms. The number of nitrogens with one attached hydrogen (secondary N) is 1. The molecule has 5 rings (SSSR count). The van der Waals surface area contributed by atoms with Gasteiger partial charge in [0.2, 0.25) is 0 Å². The van der Waals surface area contributed by atoms with Crippen LogP contribution in [0, 0.1) is 16.0 Å². The van der Waals surface area contributed by atoms with Gasteiger partial charge in [0, 0.05) is 27.9 Å². The van der Waals surface area contributed by atoms with Gasteiger partial charge in [0.15, 0.2) is 0 Å². The number of halogens is 2. The van der Waals surface area contributed by atoms with Crippen LogP contribution in [-0.2, 0) is 0 Å². The van der Waals surface area contributed by atoms with Crippen LogP contribution in [0.15, 0.2) is 77.7 Å². The van der Waals surface area contributed by atoms with Gasteiger partial charge in [-0.2, -0.15) is 0 Å². The van der Waals surface area contributed by atoms with Crippen LogP contribution in [0.25, 0.3) is 0 Å². The van der Waals surface area contributed by atoms with Crippen molar-refractivity contribution in [3.05, 3.63) is 99.1 Å². The molecule has 5 atom stereocenters. The molecule has 0 aromatic heterocycles. The van der Waals surface area contributed by atoms with Gasteiger partial charge in [-0.3, -0.25) is 10.1 Å². The van der Waals surface area contributed by atoms with Crippen LogP contribution in [0.5, 0.6) is 0 Å². The summed E-state index contributed by atoms with van der Waals surface area (Å²) in [6.45, 7) is 0. The number of benzene rings is 3. The monoisotopic (exact) mass is 470 g/mol. The van der Waals surface area contributed by atoms with E-state index < -0.39 is 0 Å². The number of hydrogen-bond acceptors (Lipinski definition) is 4. The lowest BCUT2D eigenvalue weighted by atomic mass is 9.77. The first-order valence-corrected chi connectivity index (χ1v) is 11.9. The molecule has 0 amide bonds. The van der Waals surface area contributed by atoms with Crippen LogP contribution in [-0.4, -0.2) is 15.6 Å². The lowest BCUT2D eigenvalue weighted by Gasteiger charge is -2.38. The van der Waals surface area contributed by atoms with E-state index in [4.69, 9.17) is 23.2 Å². The van der Waals surface area contributed by atoms with Crippen molar-refractivity contribution in [2.45, 2.75) is 33.9 Å². The summed E-state index contributed by atoms with van der Waals surface area (Å²) in [5.74, 6) is 0.373. The molecule has 1 aliphatic carbocycles. The highest BCUT2D eigenvalue weighted by Gasteiger charge is 2.50. The van der Waals surface area contributed by atoms with Crippen LogP contribution < -0.4 is 5.32 Å². The molecule has 158 valence electrons. The molecule has 31 heavy (non-hydrogen) atoms. The van der Waals surface area contributed by atoms with E-state index in [1.165, 1.54) is 17.3 Å². The first-order chi connectivity index (χ1) is 15.0. The molecule has 0 radical (unpaired) electrons. The molecular formula is C24H20Cl2N2O2S. The van der Waals surface area contributed by atoms with Crippen LogP contribution >= 0.6 is 35.0 Å². The van der Waals surface area contributed by atoms with Crippen LogP contribution in [0.3, 0.4) is 0 Å². The van der Waals surface area contributed by atoms with Gasteiger partial charge in [-0.25, -0.2) is 0 Å². The standard InChI is InChI=1S/C24H20Cl2N2O2S/c25-15-10-11-18-16(12-15)22-17(24(27-18)14-6-2-1-3-7-14)13-21(23(22)26)31-20-9-5-4-8-19(20)28(29)30/h1-12,17,21-24,27H,13H2. The minimum atomic E-state index is -0.322. The van der Waals surface area contributed by atoms with Gasteiger partial charge < -0.3 is 5.32 Å². The molecule has 1 heterocycles. The first-order valence-electron chi connectivity index (χ1n) is 10.2. The Labute approximate surface area is 195 Å². The Morgan fingerprint density at radius 2 is 1.77 bits per heavy atom. The average molecular weight is 471 g/mol.